The zero-order valence-corrected chi connectivity index (χ0v) is 21.4. The Bertz CT molecular complexity index is 944. The van der Waals surface area contributed by atoms with Crippen LogP contribution in [0, 0.1) is 23.7 Å². The Hall–Kier alpha value is -2.57. The molecular weight excluding hydrogens is 583 g/mol. The topological polar surface area (TPSA) is 228 Å². The van der Waals surface area contributed by atoms with Crippen LogP contribution in [-0.2, 0) is 32.8 Å². The summed E-state index contributed by atoms with van der Waals surface area (Å²) < 4.78 is 138. The molecule has 0 heterocycles. The van der Waals surface area contributed by atoms with Crippen molar-refractivity contribution >= 4 is 31.5 Å². The number of carbonyl (C=O) groups excluding carboxylic acids is 4. The molecule has 0 spiro atoms. The summed E-state index contributed by atoms with van der Waals surface area (Å²) in [6.45, 7) is 1.11. The lowest BCUT2D eigenvalue weighted by molar-refractivity contribution is -0.280. The summed E-state index contributed by atoms with van der Waals surface area (Å²) >= 11 is 0. The van der Waals surface area contributed by atoms with Crippen molar-refractivity contribution in [2.24, 2.45) is 46.6 Å². The molecule has 0 rings (SSSR count). The number of primary amides is 4. The number of hydrogen-bond donors (Lipinski definition) is 5. The highest BCUT2D eigenvalue weighted by atomic mass is 31.2. The van der Waals surface area contributed by atoms with E-state index >= 15 is 0 Å². The average Bonchev–Trinajstić information content (AvgIpc) is 2.78. The van der Waals surface area contributed by atoms with Crippen molar-refractivity contribution in [3.05, 3.63) is 0 Å². The molecule has 0 saturated carbocycles. The Labute approximate surface area is 215 Å². The summed E-state index contributed by atoms with van der Waals surface area (Å²) in [4.78, 5) is 55.1. The van der Waals surface area contributed by atoms with Crippen LogP contribution in [0.2, 0.25) is 0 Å². The molecule has 0 saturated heterocycles. The zero-order chi connectivity index (χ0) is 31.7. The third-order valence-corrected chi connectivity index (χ3v) is 6.83. The highest BCUT2D eigenvalue weighted by molar-refractivity contribution is 7.47. The number of amides is 4. The molecule has 0 radical (unpaired) electrons. The van der Waals surface area contributed by atoms with E-state index in [4.69, 9.17) is 11.5 Å². The summed E-state index contributed by atoms with van der Waals surface area (Å²) in [5.74, 6) is -41.9. The van der Waals surface area contributed by atoms with Gasteiger partial charge in [-0.25, -0.2) is 4.57 Å². The van der Waals surface area contributed by atoms with Crippen molar-refractivity contribution in [2.45, 2.75) is 63.6 Å². The minimum Gasteiger partial charge on any atom is -0.369 e. The largest absolute Gasteiger partial charge is 0.473 e. The number of alkyl halides is 8. The Balaban J connectivity index is 6.86. The Morgan fingerprint density at radius 3 is 1.00 bits per heavy atom. The fourth-order valence-electron chi connectivity index (χ4n) is 2.87. The summed E-state index contributed by atoms with van der Waals surface area (Å²) in [5, 5.41) is 0. The van der Waals surface area contributed by atoms with Crippen LogP contribution in [0.5, 0.6) is 0 Å². The fraction of sp³-hybridized carbons (Fsp3) is 0.778. The van der Waals surface area contributed by atoms with E-state index in [9.17, 15) is 63.8 Å². The first-order valence-corrected chi connectivity index (χ1v) is 12.0. The van der Waals surface area contributed by atoms with E-state index in [1.54, 1.807) is 0 Å². The van der Waals surface area contributed by atoms with Gasteiger partial charge in [0.1, 0.15) is 11.8 Å². The molecule has 0 aliphatic heterocycles. The molecule has 4 amide bonds. The first-order chi connectivity index (χ1) is 17.1. The van der Waals surface area contributed by atoms with Crippen molar-refractivity contribution in [1.29, 1.82) is 0 Å². The summed E-state index contributed by atoms with van der Waals surface area (Å²) in [5.41, 5.74) is 18.8. The lowest BCUT2D eigenvalue weighted by Gasteiger charge is -2.39. The number of phosphoric ester groups is 1. The number of rotatable bonds is 16. The van der Waals surface area contributed by atoms with Gasteiger partial charge in [0.15, 0.2) is 12.2 Å². The molecule has 0 aromatic rings. The molecule has 0 aliphatic carbocycles. The molecule has 0 fully saturated rings. The molecule has 21 heteroatoms. The van der Waals surface area contributed by atoms with Gasteiger partial charge in [-0.15, -0.1) is 0 Å². The monoisotopic (exact) mass is 610 g/mol. The molecule has 12 nitrogen and oxygen atoms in total. The van der Waals surface area contributed by atoms with Gasteiger partial charge >= 0.3 is 31.5 Å². The van der Waals surface area contributed by atoms with Gasteiger partial charge in [-0.1, -0.05) is 13.8 Å². The Kier molecular flexibility index (Phi) is 11.1. The maximum absolute atomic E-state index is 14.9. The molecular formula is C18H27F8N4O8P. The van der Waals surface area contributed by atoms with Crippen molar-refractivity contribution < 1.29 is 72.8 Å². The maximum atomic E-state index is 14.9. The van der Waals surface area contributed by atoms with E-state index < -0.39 is 91.0 Å². The SMILES string of the molecule is CC(C(N)=O)C(OP(=O)(O)OC(C(C)C(N)=O)C(F)(F)C(F)(F)C(C)C(N)=O)C(F)(F)C(F)(F)C(C)C(N)=O. The van der Waals surface area contributed by atoms with E-state index in [0.29, 0.717) is 13.8 Å². The van der Waals surface area contributed by atoms with Crippen molar-refractivity contribution in [3.8, 4) is 0 Å². The quantitative estimate of drug-likeness (QED) is 0.124. The molecule has 0 aromatic carbocycles. The van der Waals surface area contributed by atoms with Gasteiger partial charge in [0.2, 0.25) is 23.6 Å². The summed E-state index contributed by atoms with van der Waals surface area (Å²) in [6.07, 6.45) is -7.68. The molecule has 0 aliphatic rings. The standard InChI is InChI=1S/C18H27F8N4O8P/c1-5(11(27)31)9(17(23,24)15(19,20)7(3)13(29)33)37-39(35,36)38-10(6(2)12(28)32)18(25,26)16(21,22)8(4)14(30)34/h5-10H,1-4H3,(H2,27,31)(H2,28,32)(H2,29,33)(H2,30,34)(H,35,36). The first-order valence-electron chi connectivity index (χ1n) is 10.5. The van der Waals surface area contributed by atoms with Gasteiger partial charge < -0.3 is 27.8 Å². The summed E-state index contributed by atoms with van der Waals surface area (Å²) in [6, 6.07) is 0. The van der Waals surface area contributed by atoms with Gasteiger partial charge in [0.25, 0.3) is 0 Å². The average molecular weight is 610 g/mol. The van der Waals surface area contributed by atoms with Gasteiger partial charge in [0.05, 0.1) is 11.8 Å². The van der Waals surface area contributed by atoms with Crippen LogP contribution in [0.25, 0.3) is 0 Å². The molecule has 39 heavy (non-hydrogen) atoms. The van der Waals surface area contributed by atoms with Crippen LogP contribution in [-0.4, -0.2) is 64.4 Å². The smallest absolute Gasteiger partial charge is 0.369 e. The number of nitrogens with two attached hydrogens (primary N) is 4. The Morgan fingerprint density at radius 2 is 0.821 bits per heavy atom. The highest BCUT2D eigenvalue weighted by Gasteiger charge is 2.70. The van der Waals surface area contributed by atoms with Crippen molar-refractivity contribution in [2.75, 3.05) is 0 Å². The second-order valence-corrected chi connectivity index (χ2v) is 10.0. The van der Waals surface area contributed by atoms with Gasteiger partial charge in [-0.3, -0.25) is 28.2 Å². The second kappa shape index (κ2) is 11.9. The van der Waals surface area contributed by atoms with E-state index in [1.807, 2.05) is 0 Å². The van der Waals surface area contributed by atoms with Crippen molar-refractivity contribution in [1.82, 2.24) is 0 Å². The molecule has 9 N–H and O–H groups in total. The Morgan fingerprint density at radius 1 is 0.590 bits per heavy atom. The lowest BCUT2D eigenvalue weighted by atomic mass is 9.88. The van der Waals surface area contributed by atoms with Crippen LogP contribution >= 0.6 is 7.82 Å². The molecule has 0 aromatic heterocycles. The number of carbonyl (C=O) groups is 4. The van der Waals surface area contributed by atoms with E-state index in [2.05, 4.69) is 20.5 Å². The zero-order valence-electron chi connectivity index (χ0n) is 20.5. The highest BCUT2D eigenvalue weighted by Crippen LogP contribution is 2.57. The molecule has 6 atom stereocenters. The van der Waals surface area contributed by atoms with Crippen LogP contribution in [0.3, 0.4) is 0 Å². The van der Waals surface area contributed by atoms with Crippen LogP contribution in [0.1, 0.15) is 27.7 Å². The molecule has 228 valence electrons. The van der Waals surface area contributed by atoms with Crippen LogP contribution < -0.4 is 22.9 Å². The van der Waals surface area contributed by atoms with E-state index in [1.165, 1.54) is 0 Å². The van der Waals surface area contributed by atoms with E-state index in [0.717, 1.165) is 0 Å². The van der Waals surface area contributed by atoms with Crippen molar-refractivity contribution in [3.63, 3.8) is 0 Å². The maximum Gasteiger partial charge on any atom is 0.473 e. The fourth-order valence-corrected chi connectivity index (χ4v) is 4.12. The predicted molar refractivity (Wildman–Crippen MR) is 113 cm³/mol. The lowest BCUT2D eigenvalue weighted by Crippen LogP contribution is -2.60. The van der Waals surface area contributed by atoms with Gasteiger partial charge in [-0.05, 0) is 13.8 Å². The third-order valence-electron chi connectivity index (χ3n) is 5.84. The van der Waals surface area contributed by atoms with Gasteiger partial charge in [-0.2, -0.15) is 35.1 Å². The normalized spacial score (nSPS) is 19.6. The number of phosphoric acid groups is 1. The number of halogens is 8. The second-order valence-electron chi connectivity index (χ2n) is 8.64. The van der Waals surface area contributed by atoms with E-state index in [-0.39, 0.29) is 13.8 Å². The molecule has 6 unspecified atom stereocenters. The summed E-state index contributed by atoms with van der Waals surface area (Å²) in [7, 11) is -6.71. The van der Waals surface area contributed by atoms with Crippen LogP contribution in [0.4, 0.5) is 35.1 Å². The van der Waals surface area contributed by atoms with Gasteiger partial charge in [0, 0.05) is 0 Å². The third kappa shape index (κ3) is 7.34. The molecule has 0 bridgehead atoms. The minimum absolute atomic E-state index is 0.199. The predicted octanol–water partition coefficient (Wildman–Crippen LogP) is 0.884. The number of hydrogen-bond acceptors (Lipinski definition) is 7. The van der Waals surface area contributed by atoms with Crippen LogP contribution in [0.15, 0.2) is 0 Å². The minimum atomic E-state index is -6.71. The first kappa shape index (κ1) is 36.4.